The summed E-state index contributed by atoms with van der Waals surface area (Å²) < 4.78 is 25.9. The van der Waals surface area contributed by atoms with Crippen molar-refractivity contribution in [1.82, 2.24) is 9.62 Å². The molecule has 1 aromatic carbocycles. The Labute approximate surface area is 129 Å². The SMILES string of the molecule is Nc1ccccc1SCCS(=O)(=O)N1CCNC(=O)CC1. The van der Waals surface area contributed by atoms with Crippen LogP contribution in [0.25, 0.3) is 0 Å². The van der Waals surface area contributed by atoms with E-state index in [1.165, 1.54) is 16.1 Å². The molecule has 1 fully saturated rings. The van der Waals surface area contributed by atoms with Crippen LogP contribution in [0.2, 0.25) is 0 Å². The van der Waals surface area contributed by atoms with Gasteiger partial charge in [-0.05, 0) is 12.1 Å². The molecule has 116 valence electrons. The molecule has 8 heteroatoms. The van der Waals surface area contributed by atoms with Gasteiger partial charge in [0.2, 0.25) is 15.9 Å². The van der Waals surface area contributed by atoms with Crippen LogP contribution in [0.1, 0.15) is 6.42 Å². The minimum Gasteiger partial charge on any atom is -0.398 e. The number of thioether (sulfide) groups is 1. The molecule has 1 amide bonds. The van der Waals surface area contributed by atoms with Gasteiger partial charge in [0.05, 0.1) is 5.75 Å². The first-order valence-corrected chi connectivity index (χ1v) is 9.30. The normalized spacial score (nSPS) is 17.2. The molecule has 0 aromatic heterocycles. The van der Waals surface area contributed by atoms with Crippen LogP contribution >= 0.6 is 11.8 Å². The standard InChI is InChI=1S/C13H19N3O3S2/c14-11-3-1-2-4-12(11)20-9-10-21(18,19)16-7-5-13(17)15-6-8-16/h1-4H,5-10,14H2,(H,15,17). The highest BCUT2D eigenvalue weighted by Crippen LogP contribution is 2.24. The van der Waals surface area contributed by atoms with Gasteiger partial charge in [0, 0.05) is 42.4 Å². The Morgan fingerprint density at radius 1 is 1.29 bits per heavy atom. The molecule has 2 rings (SSSR count). The van der Waals surface area contributed by atoms with Gasteiger partial charge in [-0.2, -0.15) is 4.31 Å². The van der Waals surface area contributed by atoms with E-state index in [0.717, 1.165) is 4.90 Å². The Morgan fingerprint density at radius 2 is 2.05 bits per heavy atom. The van der Waals surface area contributed by atoms with Crippen molar-refractivity contribution in [3.8, 4) is 0 Å². The zero-order chi connectivity index (χ0) is 15.3. The van der Waals surface area contributed by atoms with Gasteiger partial charge >= 0.3 is 0 Å². The first-order valence-electron chi connectivity index (χ1n) is 6.71. The van der Waals surface area contributed by atoms with Crippen LogP contribution in [0.15, 0.2) is 29.2 Å². The van der Waals surface area contributed by atoms with E-state index in [-0.39, 0.29) is 24.6 Å². The summed E-state index contributed by atoms with van der Waals surface area (Å²) in [4.78, 5) is 12.1. The number of anilines is 1. The largest absolute Gasteiger partial charge is 0.398 e. The lowest BCUT2D eigenvalue weighted by molar-refractivity contribution is -0.120. The van der Waals surface area contributed by atoms with Crippen LogP contribution in [-0.4, -0.2) is 49.8 Å². The monoisotopic (exact) mass is 329 g/mol. The molecular weight excluding hydrogens is 310 g/mol. The quantitative estimate of drug-likeness (QED) is 0.607. The summed E-state index contributed by atoms with van der Waals surface area (Å²) in [5, 5.41) is 2.67. The van der Waals surface area contributed by atoms with E-state index in [0.29, 0.717) is 24.5 Å². The third kappa shape index (κ3) is 4.62. The third-order valence-corrected chi connectivity index (χ3v) is 6.40. The molecule has 0 saturated carbocycles. The first kappa shape index (κ1) is 16.1. The molecule has 0 spiro atoms. The topological polar surface area (TPSA) is 92.5 Å². The van der Waals surface area contributed by atoms with Crippen LogP contribution < -0.4 is 11.1 Å². The molecular formula is C13H19N3O3S2. The molecule has 0 bridgehead atoms. The maximum Gasteiger partial charge on any atom is 0.221 e. The van der Waals surface area contributed by atoms with Gasteiger partial charge in [0.25, 0.3) is 0 Å². The number of hydrogen-bond acceptors (Lipinski definition) is 5. The van der Waals surface area contributed by atoms with E-state index < -0.39 is 10.0 Å². The Bertz CT molecular complexity index is 604. The lowest BCUT2D eigenvalue weighted by atomic mass is 10.3. The summed E-state index contributed by atoms with van der Waals surface area (Å²) in [6.07, 6.45) is 0.220. The molecule has 0 unspecified atom stereocenters. The van der Waals surface area contributed by atoms with Crippen LogP contribution in [0.3, 0.4) is 0 Å². The molecule has 1 aromatic rings. The molecule has 0 aliphatic carbocycles. The molecule has 0 atom stereocenters. The average Bonchev–Trinajstić information content (AvgIpc) is 2.66. The summed E-state index contributed by atoms with van der Waals surface area (Å²) in [6, 6.07) is 7.39. The third-order valence-electron chi connectivity index (χ3n) is 3.18. The van der Waals surface area contributed by atoms with Crippen LogP contribution in [0.5, 0.6) is 0 Å². The van der Waals surface area contributed by atoms with Crippen molar-refractivity contribution in [3.05, 3.63) is 24.3 Å². The molecule has 3 N–H and O–H groups in total. The van der Waals surface area contributed by atoms with E-state index in [2.05, 4.69) is 5.32 Å². The number of para-hydroxylation sites is 1. The van der Waals surface area contributed by atoms with Gasteiger partial charge < -0.3 is 11.1 Å². The molecule has 0 radical (unpaired) electrons. The second-order valence-corrected chi connectivity index (χ2v) is 7.93. The summed E-state index contributed by atoms with van der Waals surface area (Å²) in [6.45, 7) is 0.968. The molecule has 1 aliphatic rings. The fraction of sp³-hybridized carbons (Fsp3) is 0.462. The Morgan fingerprint density at radius 3 is 2.81 bits per heavy atom. The van der Waals surface area contributed by atoms with Crippen LogP contribution in [0.4, 0.5) is 5.69 Å². The molecule has 1 heterocycles. The lowest BCUT2D eigenvalue weighted by Crippen LogP contribution is -2.36. The van der Waals surface area contributed by atoms with Crippen LogP contribution in [-0.2, 0) is 14.8 Å². The van der Waals surface area contributed by atoms with Gasteiger partial charge in [-0.15, -0.1) is 11.8 Å². The number of amides is 1. The highest BCUT2D eigenvalue weighted by Gasteiger charge is 2.24. The van der Waals surface area contributed by atoms with E-state index >= 15 is 0 Å². The van der Waals surface area contributed by atoms with E-state index in [9.17, 15) is 13.2 Å². The molecule has 1 aliphatic heterocycles. The van der Waals surface area contributed by atoms with Crippen molar-refractivity contribution in [3.63, 3.8) is 0 Å². The number of nitrogen functional groups attached to an aromatic ring is 1. The summed E-state index contributed by atoms with van der Waals surface area (Å²) in [7, 11) is -3.33. The van der Waals surface area contributed by atoms with Crippen molar-refractivity contribution in [2.45, 2.75) is 11.3 Å². The number of rotatable bonds is 5. The Balaban J connectivity index is 1.89. The number of nitrogens with two attached hydrogens (primary N) is 1. The van der Waals surface area contributed by atoms with Gasteiger partial charge in [-0.3, -0.25) is 4.79 Å². The van der Waals surface area contributed by atoms with Crippen LogP contribution in [0, 0.1) is 0 Å². The van der Waals surface area contributed by atoms with E-state index in [1.54, 1.807) is 6.07 Å². The number of nitrogens with zero attached hydrogens (tertiary/aromatic N) is 1. The number of carbonyl (C=O) groups is 1. The predicted molar refractivity (Wildman–Crippen MR) is 84.6 cm³/mol. The highest BCUT2D eigenvalue weighted by atomic mass is 32.2. The second kappa shape index (κ2) is 7.15. The minimum atomic E-state index is -3.33. The van der Waals surface area contributed by atoms with Gasteiger partial charge in [-0.1, -0.05) is 12.1 Å². The average molecular weight is 329 g/mol. The lowest BCUT2D eigenvalue weighted by Gasteiger charge is -2.19. The van der Waals surface area contributed by atoms with Gasteiger partial charge in [0.1, 0.15) is 0 Å². The number of nitrogens with one attached hydrogen (secondary N) is 1. The number of sulfonamides is 1. The maximum atomic E-state index is 12.3. The number of hydrogen-bond donors (Lipinski definition) is 2. The summed E-state index contributed by atoms with van der Waals surface area (Å²) in [5.74, 6) is 0.383. The molecule has 6 nitrogen and oxygen atoms in total. The Hall–Kier alpha value is -1.25. The molecule has 21 heavy (non-hydrogen) atoms. The summed E-state index contributed by atoms with van der Waals surface area (Å²) >= 11 is 1.43. The fourth-order valence-electron chi connectivity index (χ4n) is 2.02. The van der Waals surface area contributed by atoms with Crippen molar-refractivity contribution in [1.29, 1.82) is 0 Å². The fourth-order valence-corrected chi connectivity index (χ4v) is 4.82. The Kier molecular flexibility index (Phi) is 5.49. The van der Waals surface area contributed by atoms with Crippen molar-refractivity contribution in [2.75, 3.05) is 36.9 Å². The highest BCUT2D eigenvalue weighted by molar-refractivity contribution is 8.00. The van der Waals surface area contributed by atoms with Gasteiger partial charge in [0.15, 0.2) is 0 Å². The van der Waals surface area contributed by atoms with Gasteiger partial charge in [-0.25, -0.2) is 8.42 Å². The smallest absolute Gasteiger partial charge is 0.221 e. The van der Waals surface area contributed by atoms with E-state index in [4.69, 9.17) is 5.73 Å². The first-order chi connectivity index (χ1) is 9.99. The zero-order valence-corrected chi connectivity index (χ0v) is 13.3. The number of carbonyl (C=O) groups excluding carboxylic acids is 1. The van der Waals surface area contributed by atoms with E-state index in [1.807, 2.05) is 18.2 Å². The van der Waals surface area contributed by atoms with Crippen molar-refractivity contribution >= 4 is 33.4 Å². The van der Waals surface area contributed by atoms with Crippen molar-refractivity contribution < 1.29 is 13.2 Å². The maximum absolute atomic E-state index is 12.3. The summed E-state index contributed by atoms with van der Waals surface area (Å²) in [5.41, 5.74) is 6.48. The predicted octanol–water partition coefficient (Wildman–Crippen LogP) is 0.513. The van der Waals surface area contributed by atoms with Crippen molar-refractivity contribution in [2.24, 2.45) is 0 Å². The minimum absolute atomic E-state index is 0.0419. The molecule has 1 saturated heterocycles. The second-order valence-electron chi connectivity index (χ2n) is 4.70. The zero-order valence-electron chi connectivity index (χ0n) is 11.6. The number of benzene rings is 1.